The fourth-order valence-electron chi connectivity index (χ4n) is 2.36. The summed E-state index contributed by atoms with van der Waals surface area (Å²) >= 11 is 0. The van der Waals surface area contributed by atoms with E-state index in [-0.39, 0.29) is 18.2 Å². The number of anilines is 1. The van der Waals surface area contributed by atoms with E-state index in [4.69, 9.17) is 11.2 Å². The van der Waals surface area contributed by atoms with Crippen molar-refractivity contribution in [2.45, 2.75) is 19.9 Å². The Hall–Kier alpha value is -2.80. The van der Waals surface area contributed by atoms with Gasteiger partial charge >= 0.3 is 5.97 Å². The summed E-state index contributed by atoms with van der Waals surface area (Å²) < 4.78 is 18.0. The van der Waals surface area contributed by atoms with Gasteiger partial charge in [-0.1, -0.05) is 30.2 Å². The highest BCUT2D eigenvalue weighted by Crippen LogP contribution is 2.18. The van der Waals surface area contributed by atoms with E-state index < -0.39 is 0 Å². The predicted molar refractivity (Wildman–Crippen MR) is 93.1 cm³/mol. The molecular formula is C20H20FNO2. The van der Waals surface area contributed by atoms with Gasteiger partial charge in [-0.15, -0.1) is 6.42 Å². The first-order chi connectivity index (χ1) is 11.6. The summed E-state index contributed by atoms with van der Waals surface area (Å²) in [6, 6.07) is 14.0. The molecule has 3 nitrogen and oxygen atoms in total. The van der Waals surface area contributed by atoms with E-state index in [1.165, 1.54) is 12.1 Å². The second kappa shape index (κ2) is 8.73. The van der Waals surface area contributed by atoms with Crippen LogP contribution in [0.1, 0.15) is 18.1 Å². The van der Waals surface area contributed by atoms with Crippen LogP contribution < -0.4 is 4.90 Å². The van der Waals surface area contributed by atoms with Gasteiger partial charge in [-0.25, -0.2) is 4.39 Å². The minimum Gasteiger partial charge on any atom is -0.466 e. The third-order valence-corrected chi connectivity index (χ3v) is 3.52. The molecule has 0 aliphatic heterocycles. The third-order valence-electron chi connectivity index (χ3n) is 3.52. The lowest BCUT2D eigenvalue weighted by Crippen LogP contribution is -2.22. The number of carbonyl (C=O) groups excluding carboxylic acids is 1. The Labute approximate surface area is 142 Å². The molecule has 0 aliphatic rings. The second-order valence-electron chi connectivity index (χ2n) is 5.33. The molecule has 2 aromatic carbocycles. The molecule has 0 fully saturated rings. The van der Waals surface area contributed by atoms with Gasteiger partial charge in [-0.05, 0) is 42.3 Å². The maximum absolute atomic E-state index is 13.0. The van der Waals surface area contributed by atoms with Crippen LogP contribution >= 0.6 is 0 Å². The summed E-state index contributed by atoms with van der Waals surface area (Å²) in [5.41, 5.74) is 2.81. The summed E-state index contributed by atoms with van der Waals surface area (Å²) in [5, 5.41) is 0. The number of halogens is 1. The molecule has 0 amide bonds. The predicted octanol–water partition coefficient (Wildman–Crippen LogP) is 3.57. The molecule has 0 aliphatic carbocycles. The smallest absolute Gasteiger partial charge is 0.310 e. The maximum Gasteiger partial charge on any atom is 0.310 e. The zero-order valence-corrected chi connectivity index (χ0v) is 13.7. The van der Waals surface area contributed by atoms with Crippen LogP contribution in [0.4, 0.5) is 10.1 Å². The standard InChI is InChI=1S/C20H20FNO2/c1-3-13-22(15-17-5-9-18(21)10-6-17)19-11-7-16(8-12-19)14-20(23)24-4-2/h1,5-12H,4,13-15H2,2H3. The van der Waals surface area contributed by atoms with Crippen molar-refractivity contribution in [3.05, 3.63) is 65.5 Å². The van der Waals surface area contributed by atoms with E-state index in [9.17, 15) is 9.18 Å². The number of carbonyl (C=O) groups is 1. The minimum atomic E-state index is -0.259. The first-order valence-electron chi connectivity index (χ1n) is 7.79. The SMILES string of the molecule is C#CCN(Cc1ccc(F)cc1)c1ccc(CC(=O)OCC)cc1. The lowest BCUT2D eigenvalue weighted by molar-refractivity contribution is -0.142. The zero-order chi connectivity index (χ0) is 17.4. The van der Waals surface area contributed by atoms with E-state index in [0.29, 0.717) is 19.7 Å². The summed E-state index contributed by atoms with van der Waals surface area (Å²) in [7, 11) is 0. The van der Waals surface area contributed by atoms with Crippen molar-refractivity contribution < 1.29 is 13.9 Å². The Kier molecular flexibility index (Phi) is 6.39. The molecule has 0 bridgehead atoms. The molecule has 0 saturated carbocycles. The summed E-state index contributed by atoms with van der Waals surface area (Å²) in [5.74, 6) is 2.14. The Balaban J connectivity index is 2.08. The van der Waals surface area contributed by atoms with Crippen LogP contribution in [0, 0.1) is 18.2 Å². The van der Waals surface area contributed by atoms with Crippen molar-refractivity contribution in [3.63, 3.8) is 0 Å². The molecule has 0 radical (unpaired) electrons. The molecule has 0 spiro atoms. The van der Waals surface area contributed by atoms with E-state index >= 15 is 0 Å². The molecule has 124 valence electrons. The van der Waals surface area contributed by atoms with Gasteiger partial charge in [0.05, 0.1) is 19.6 Å². The first kappa shape index (κ1) is 17.6. The highest BCUT2D eigenvalue weighted by molar-refractivity contribution is 5.72. The monoisotopic (exact) mass is 325 g/mol. The first-order valence-corrected chi connectivity index (χ1v) is 7.79. The van der Waals surface area contributed by atoms with Crippen molar-refractivity contribution in [1.29, 1.82) is 0 Å². The van der Waals surface area contributed by atoms with Crippen molar-refractivity contribution in [3.8, 4) is 12.3 Å². The average molecular weight is 325 g/mol. The van der Waals surface area contributed by atoms with Gasteiger partial charge in [-0.3, -0.25) is 4.79 Å². The molecule has 2 aromatic rings. The second-order valence-corrected chi connectivity index (χ2v) is 5.33. The van der Waals surface area contributed by atoms with Crippen molar-refractivity contribution in [1.82, 2.24) is 0 Å². The molecule has 0 heterocycles. The number of hydrogen-bond acceptors (Lipinski definition) is 3. The Morgan fingerprint density at radius 1 is 1.12 bits per heavy atom. The molecule has 0 N–H and O–H groups in total. The number of hydrogen-bond donors (Lipinski definition) is 0. The number of nitrogens with zero attached hydrogens (tertiary/aromatic N) is 1. The van der Waals surface area contributed by atoms with Gasteiger partial charge in [0.15, 0.2) is 0 Å². The van der Waals surface area contributed by atoms with Gasteiger partial charge in [0, 0.05) is 12.2 Å². The summed E-state index contributed by atoms with van der Waals surface area (Å²) in [6.45, 7) is 3.19. The van der Waals surface area contributed by atoms with Gasteiger partial charge < -0.3 is 9.64 Å². The van der Waals surface area contributed by atoms with Gasteiger partial charge in [0.1, 0.15) is 5.82 Å². The molecule has 24 heavy (non-hydrogen) atoms. The van der Waals surface area contributed by atoms with Crippen LogP contribution in [-0.2, 0) is 22.5 Å². The Morgan fingerprint density at radius 2 is 1.75 bits per heavy atom. The average Bonchev–Trinajstić information content (AvgIpc) is 2.57. The number of esters is 1. The van der Waals surface area contributed by atoms with Crippen LogP contribution in [0.3, 0.4) is 0 Å². The number of ether oxygens (including phenoxy) is 1. The van der Waals surface area contributed by atoms with Crippen LogP contribution in [0.15, 0.2) is 48.5 Å². The van der Waals surface area contributed by atoms with Gasteiger partial charge in [-0.2, -0.15) is 0 Å². The minimum absolute atomic E-state index is 0.239. The molecule has 0 atom stereocenters. The maximum atomic E-state index is 13.0. The molecular weight excluding hydrogens is 305 g/mol. The molecule has 0 saturated heterocycles. The summed E-state index contributed by atoms with van der Waals surface area (Å²) in [4.78, 5) is 13.5. The molecule has 0 unspecified atom stereocenters. The number of benzene rings is 2. The van der Waals surface area contributed by atoms with Crippen LogP contribution in [-0.4, -0.2) is 19.1 Å². The van der Waals surface area contributed by atoms with Gasteiger partial charge in [0.2, 0.25) is 0 Å². The van der Waals surface area contributed by atoms with E-state index in [1.807, 2.05) is 29.2 Å². The topological polar surface area (TPSA) is 29.5 Å². The van der Waals surface area contributed by atoms with E-state index in [1.54, 1.807) is 19.1 Å². The molecule has 4 heteroatoms. The normalized spacial score (nSPS) is 10.0. The fourth-order valence-corrected chi connectivity index (χ4v) is 2.36. The van der Waals surface area contributed by atoms with Crippen LogP contribution in [0.2, 0.25) is 0 Å². The Morgan fingerprint density at radius 3 is 2.33 bits per heavy atom. The van der Waals surface area contributed by atoms with E-state index in [2.05, 4.69) is 5.92 Å². The highest BCUT2D eigenvalue weighted by atomic mass is 19.1. The Bertz CT molecular complexity index is 702. The lowest BCUT2D eigenvalue weighted by atomic mass is 10.1. The summed E-state index contributed by atoms with van der Waals surface area (Å²) in [6.07, 6.45) is 5.71. The number of terminal acetylenes is 1. The highest BCUT2D eigenvalue weighted by Gasteiger charge is 2.08. The lowest BCUT2D eigenvalue weighted by Gasteiger charge is -2.23. The quantitative estimate of drug-likeness (QED) is 0.576. The van der Waals surface area contributed by atoms with E-state index in [0.717, 1.165) is 16.8 Å². The van der Waals surface area contributed by atoms with Gasteiger partial charge in [0.25, 0.3) is 0 Å². The van der Waals surface area contributed by atoms with Crippen molar-refractivity contribution in [2.75, 3.05) is 18.1 Å². The van der Waals surface area contributed by atoms with Crippen molar-refractivity contribution >= 4 is 11.7 Å². The largest absolute Gasteiger partial charge is 0.466 e. The molecule has 2 rings (SSSR count). The fraction of sp³-hybridized carbons (Fsp3) is 0.250. The zero-order valence-electron chi connectivity index (χ0n) is 13.7. The molecule has 0 aromatic heterocycles. The third kappa shape index (κ3) is 5.13. The van der Waals surface area contributed by atoms with Crippen LogP contribution in [0.25, 0.3) is 0 Å². The van der Waals surface area contributed by atoms with Crippen molar-refractivity contribution in [2.24, 2.45) is 0 Å². The number of rotatable bonds is 7. The van der Waals surface area contributed by atoms with Crippen LogP contribution in [0.5, 0.6) is 0 Å².